The third-order valence-corrected chi connectivity index (χ3v) is 1.33. The first-order valence-corrected chi connectivity index (χ1v) is 3.93. The molecule has 0 aliphatic carbocycles. The summed E-state index contributed by atoms with van der Waals surface area (Å²) in [5.41, 5.74) is -0.445. The highest BCUT2D eigenvalue weighted by Crippen LogP contribution is 1.92. The van der Waals surface area contributed by atoms with Crippen molar-refractivity contribution in [1.29, 1.82) is 0 Å². The minimum absolute atomic E-state index is 0.277. The quantitative estimate of drug-likeness (QED) is 0.533. The number of hydrogen-bond donors (Lipinski definition) is 3. The maximum absolute atomic E-state index is 10.9. The van der Waals surface area contributed by atoms with Crippen LogP contribution in [0.3, 0.4) is 0 Å². The fourth-order valence-corrected chi connectivity index (χ4v) is 0.867. The van der Waals surface area contributed by atoms with Crippen LogP contribution in [0.15, 0.2) is 15.9 Å². The predicted molar refractivity (Wildman–Crippen MR) is 48.7 cm³/mol. The second-order valence-electron chi connectivity index (χ2n) is 2.03. The SMILES string of the molecule is CC.O=c1[nH]c(=O)c2[nH]cnc2[nH]1. The molecule has 0 atom stereocenters. The summed E-state index contributed by atoms with van der Waals surface area (Å²) >= 11 is 0. The predicted octanol–water partition coefficient (Wildman–Crippen LogP) is -0.0343. The van der Waals surface area contributed by atoms with Gasteiger partial charge in [-0.2, -0.15) is 0 Å². The largest absolute Gasteiger partial charge is 0.339 e. The molecule has 0 aliphatic rings. The molecule has 0 amide bonds. The molecule has 70 valence electrons. The van der Waals surface area contributed by atoms with Crippen molar-refractivity contribution in [2.24, 2.45) is 0 Å². The number of aromatic amines is 3. The van der Waals surface area contributed by atoms with E-state index in [1.165, 1.54) is 6.33 Å². The molecular weight excluding hydrogens is 172 g/mol. The molecule has 2 aromatic heterocycles. The van der Waals surface area contributed by atoms with Crippen molar-refractivity contribution in [2.45, 2.75) is 13.8 Å². The van der Waals surface area contributed by atoms with Crippen LogP contribution in [0.4, 0.5) is 0 Å². The lowest BCUT2D eigenvalue weighted by atomic mass is 10.5. The average molecular weight is 182 g/mol. The normalized spacial score (nSPS) is 9.38. The third kappa shape index (κ3) is 1.66. The van der Waals surface area contributed by atoms with Crippen molar-refractivity contribution in [3.63, 3.8) is 0 Å². The fourth-order valence-electron chi connectivity index (χ4n) is 0.867. The molecule has 2 heterocycles. The number of H-pyrrole nitrogens is 3. The average Bonchev–Trinajstić information content (AvgIpc) is 2.55. The summed E-state index contributed by atoms with van der Waals surface area (Å²) < 4.78 is 0. The Morgan fingerprint density at radius 2 is 1.92 bits per heavy atom. The fraction of sp³-hybridized carbons (Fsp3) is 0.286. The summed E-state index contributed by atoms with van der Waals surface area (Å²) in [4.78, 5) is 32.3. The number of nitrogens with zero attached hydrogens (tertiary/aromatic N) is 1. The van der Waals surface area contributed by atoms with Crippen molar-refractivity contribution in [3.8, 4) is 0 Å². The summed E-state index contributed by atoms with van der Waals surface area (Å²) in [6.07, 6.45) is 1.34. The van der Waals surface area contributed by atoms with Gasteiger partial charge in [0, 0.05) is 0 Å². The second kappa shape index (κ2) is 3.70. The minimum atomic E-state index is -0.547. The molecule has 0 aliphatic heterocycles. The van der Waals surface area contributed by atoms with Crippen LogP contribution in [0.25, 0.3) is 11.2 Å². The van der Waals surface area contributed by atoms with Crippen LogP contribution in [0.5, 0.6) is 0 Å². The van der Waals surface area contributed by atoms with Gasteiger partial charge in [-0.15, -0.1) is 0 Å². The number of nitrogens with one attached hydrogen (secondary N) is 3. The second-order valence-corrected chi connectivity index (χ2v) is 2.03. The van der Waals surface area contributed by atoms with Crippen molar-refractivity contribution in [1.82, 2.24) is 19.9 Å². The van der Waals surface area contributed by atoms with E-state index in [0.717, 1.165) is 0 Å². The number of fused-ring (bicyclic) bond motifs is 1. The van der Waals surface area contributed by atoms with Crippen LogP contribution in [-0.2, 0) is 0 Å². The van der Waals surface area contributed by atoms with Gasteiger partial charge in [0.25, 0.3) is 5.56 Å². The molecule has 2 aromatic rings. The van der Waals surface area contributed by atoms with Crippen LogP contribution in [0.1, 0.15) is 13.8 Å². The number of aromatic nitrogens is 4. The highest BCUT2D eigenvalue weighted by atomic mass is 16.2. The zero-order valence-electron chi connectivity index (χ0n) is 7.34. The molecule has 6 nitrogen and oxygen atoms in total. The van der Waals surface area contributed by atoms with Crippen molar-refractivity contribution < 1.29 is 0 Å². The lowest BCUT2D eigenvalue weighted by Gasteiger charge is -1.83. The van der Waals surface area contributed by atoms with Gasteiger partial charge < -0.3 is 4.98 Å². The summed E-state index contributed by atoms with van der Waals surface area (Å²) in [5.74, 6) is 0. The van der Waals surface area contributed by atoms with Gasteiger partial charge in [0.05, 0.1) is 6.33 Å². The highest BCUT2D eigenvalue weighted by molar-refractivity contribution is 5.67. The van der Waals surface area contributed by atoms with Crippen molar-refractivity contribution in [2.75, 3.05) is 0 Å². The van der Waals surface area contributed by atoms with E-state index in [-0.39, 0.29) is 11.2 Å². The molecular formula is C7H10N4O2. The van der Waals surface area contributed by atoms with E-state index >= 15 is 0 Å². The molecule has 13 heavy (non-hydrogen) atoms. The first-order valence-electron chi connectivity index (χ1n) is 3.93. The Labute approximate surface area is 73.0 Å². The van der Waals surface area contributed by atoms with Gasteiger partial charge in [-0.1, -0.05) is 13.8 Å². The molecule has 0 saturated carbocycles. The maximum Gasteiger partial charge on any atom is 0.327 e. The van der Waals surface area contributed by atoms with E-state index in [1.54, 1.807) is 0 Å². The number of imidazole rings is 1. The first kappa shape index (κ1) is 9.24. The van der Waals surface area contributed by atoms with Crippen LogP contribution in [-0.4, -0.2) is 19.9 Å². The smallest absolute Gasteiger partial charge is 0.327 e. The summed E-state index contributed by atoms with van der Waals surface area (Å²) in [6, 6.07) is 0. The van der Waals surface area contributed by atoms with Gasteiger partial charge >= 0.3 is 5.69 Å². The standard InChI is InChI=1S/C5H4N4O2.C2H6/c10-4-2-3(7-1-6-2)8-5(11)9-4;1-2/h1H,(H3,6,7,8,9,10,11);1-2H3. The summed E-state index contributed by atoms with van der Waals surface area (Å²) in [7, 11) is 0. The summed E-state index contributed by atoms with van der Waals surface area (Å²) in [6.45, 7) is 4.00. The minimum Gasteiger partial charge on any atom is -0.339 e. The maximum atomic E-state index is 10.9. The first-order chi connectivity index (χ1) is 6.27. The molecule has 0 fully saturated rings. The number of hydrogen-bond acceptors (Lipinski definition) is 3. The molecule has 0 radical (unpaired) electrons. The molecule has 6 heteroatoms. The topological polar surface area (TPSA) is 94.4 Å². The Morgan fingerprint density at radius 3 is 2.62 bits per heavy atom. The van der Waals surface area contributed by atoms with Gasteiger partial charge in [-0.05, 0) is 0 Å². The Kier molecular flexibility index (Phi) is 2.63. The van der Waals surface area contributed by atoms with Crippen LogP contribution in [0.2, 0.25) is 0 Å². The molecule has 0 spiro atoms. The van der Waals surface area contributed by atoms with Gasteiger partial charge in [-0.25, -0.2) is 9.78 Å². The molecule has 0 saturated heterocycles. The van der Waals surface area contributed by atoms with E-state index in [2.05, 4.69) is 19.9 Å². The Hall–Kier alpha value is -1.85. The van der Waals surface area contributed by atoms with Crippen molar-refractivity contribution in [3.05, 3.63) is 27.2 Å². The van der Waals surface area contributed by atoms with Crippen LogP contribution < -0.4 is 11.2 Å². The zero-order valence-corrected chi connectivity index (χ0v) is 7.34. The molecule has 2 rings (SSSR count). The van der Waals surface area contributed by atoms with Crippen LogP contribution >= 0.6 is 0 Å². The molecule has 0 bridgehead atoms. The van der Waals surface area contributed by atoms with E-state index in [9.17, 15) is 9.59 Å². The van der Waals surface area contributed by atoms with E-state index in [1.807, 2.05) is 13.8 Å². The lowest BCUT2D eigenvalue weighted by Crippen LogP contribution is -2.21. The number of rotatable bonds is 0. The van der Waals surface area contributed by atoms with Crippen molar-refractivity contribution >= 4 is 11.2 Å². The molecule has 0 aromatic carbocycles. The molecule has 0 unspecified atom stereocenters. The lowest BCUT2D eigenvalue weighted by molar-refractivity contribution is 1.07. The molecule has 3 N–H and O–H groups in total. The monoisotopic (exact) mass is 182 g/mol. The van der Waals surface area contributed by atoms with Gasteiger partial charge in [0.2, 0.25) is 0 Å². The van der Waals surface area contributed by atoms with Gasteiger partial charge in [-0.3, -0.25) is 14.8 Å². The van der Waals surface area contributed by atoms with Gasteiger partial charge in [0.15, 0.2) is 5.65 Å². The Morgan fingerprint density at radius 1 is 1.23 bits per heavy atom. The highest BCUT2D eigenvalue weighted by Gasteiger charge is 1.99. The third-order valence-electron chi connectivity index (χ3n) is 1.33. The van der Waals surface area contributed by atoms with Gasteiger partial charge in [0.1, 0.15) is 5.52 Å². The summed E-state index contributed by atoms with van der Waals surface area (Å²) in [5, 5.41) is 0. The Balaban J connectivity index is 0.000000396. The van der Waals surface area contributed by atoms with E-state index in [4.69, 9.17) is 0 Å². The van der Waals surface area contributed by atoms with Crippen LogP contribution in [0, 0.1) is 0 Å². The van der Waals surface area contributed by atoms with E-state index < -0.39 is 11.2 Å². The van der Waals surface area contributed by atoms with E-state index in [0.29, 0.717) is 0 Å². The zero-order chi connectivity index (χ0) is 9.84. The Bertz CT molecular complexity index is 493.